The number of hydrogen-bond acceptors (Lipinski definition) is 4. The summed E-state index contributed by atoms with van der Waals surface area (Å²) >= 11 is 0. The van der Waals surface area contributed by atoms with Gasteiger partial charge in [0.25, 0.3) is 11.8 Å². The molecule has 3 aromatic carbocycles. The number of carbonyl (C=O) groups excluding carboxylic acids is 2. The summed E-state index contributed by atoms with van der Waals surface area (Å²) in [5, 5.41) is 3.32. The molecule has 146 valence electrons. The Labute approximate surface area is 173 Å². The van der Waals surface area contributed by atoms with Gasteiger partial charge < -0.3 is 4.74 Å². The number of carbonyl (C=O) groups is 2. The van der Waals surface area contributed by atoms with Gasteiger partial charge in [0.1, 0.15) is 0 Å². The second kappa shape index (κ2) is 7.12. The first kappa shape index (κ1) is 18.1. The van der Waals surface area contributed by atoms with Crippen LogP contribution in [0.4, 0.5) is 0 Å². The van der Waals surface area contributed by atoms with Gasteiger partial charge in [-0.1, -0.05) is 48.5 Å². The van der Waals surface area contributed by atoms with Gasteiger partial charge in [0.05, 0.1) is 23.8 Å². The maximum Gasteiger partial charge on any atom is 0.259 e. The van der Waals surface area contributed by atoms with Crippen molar-refractivity contribution in [1.29, 1.82) is 0 Å². The van der Waals surface area contributed by atoms with Crippen LogP contribution in [0.3, 0.4) is 0 Å². The SMILES string of the molecule is COc1nc2ccc(-c3cccc4c3C(=O)NC4=O)cc2cc1Cc1ccccc1. The van der Waals surface area contributed by atoms with Crippen molar-refractivity contribution < 1.29 is 14.3 Å². The van der Waals surface area contributed by atoms with Gasteiger partial charge in [-0.3, -0.25) is 14.9 Å². The van der Waals surface area contributed by atoms with Crippen molar-refractivity contribution in [3.8, 4) is 17.0 Å². The lowest BCUT2D eigenvalue weighted by Crippen LogP contribution is -2.20. The molecule has 0 bridgehead atoms. The number of ether oxygens (including phenoxy) is 1. The lowest BCUT2D eigenvalue weighted by Gasteiger charge is -2.12. The standard InChI is InChI=1S/C25H18N2O3/c1-30-25-18(12-15-6-3-2-4-7-15)14-17-13-16(10-11-21(17)26-25)19-8-5-9-20-22(19)24(29)27-23(20)28/h2-11,13-14H,12H2,1H3,(H,27,28,29). The zero-order valence-corrected chi connectivity index (χ0v) is 16.3. The van der Waals surface area contributed by atoms with Crippen molar-refractivity contribution in [2.75, 3.05) is 7.11 Å². The number of amides is 2. The number of benzene rings is 3. The summed E-state index contributed by atoms with van der Waals surface area (Å²) in [6.45, 7) is 0. The fourth-order valence-electron chi connectivity index (χ4n) is 3.95. The van der Waals surface area contributed by atoms with Crippen molar-refractivity contribution in [3.63, 3.8) is 0 Å². The zero-order chi connectivity index (χ0) is 20.7. The Morgan fingerprint density at radius 3 is 2.47 bits per heavy atom. The first-order valence-electron chi connectivity index (χ1n) is 9.65. The van der Waals surface area contributed by atoms with Crippen molar-refractivity contribution in [3.05, 3.63) is 95.1 Å². The highest BCUT2D eigenvalue weighted by atomic mass is 16.5. The van der Waals surface area contributed by atoms with Gasteiger partial charge >= 0.3 is 0 Å². The fourth-order valence-corrected chi connectivity index (χ4v) is 3.95. The molecule has 2 amide bonds. The molecular formula is C25H18N2O3. The second-order valence-electron chi connectivity index (χ2n) is 7.24. The van der Waals surface area contributed by atoms with Gasteiger partial charge in [-0.2, -0.15) is 0 Å². The number of pyridine rings is 1. The molecule has 0 aliphatic carbocycles. The van der Waals surface area contributed by atoms with E-state index in [9.17, 15) is 9.59 Å². The first-order chi connectivity index (χ1) is 14.6. The number of methoxy groups -OCH3 is 1. The summed E-state index contributed by atoms with van der Waals surface area (Å²) in [6, 6.07) is 23.4. The van der Waals surface area contributed by atoms with E-state index in [1.165, 1.54) is 5.56 Å². The summed E-state index contributed by atoms with van der Waals surface area (Å²) in [5.74, 6) is -0.109. The highest BCUT2D eigenvalue weighted by Crippen LogP contribution is 2.32. The van der Waals surface area contributed by atoms with E-state index in [0.717, 1.165) is 27.6 Å². The maximum absolute atomic E-state index is 12.3. The Hall–Kier alpha value is -3.99. The second-order valence-corrected chi connectivity index (χ2v) is 7.24. The van der Waals surface area contributed by atoms with Gasteiger partial charge in [-0.05, 0) is 41.0 Å². The predicted molar refractivity (Wildman–Crippen MR) is 115 cm³/mol. The molecule has 1 aromatic heterocycles. The lowest BCUT2D eigenvalue weighted by molar-refractivity contribution is 0.0880. The molecule has 0 radical (unpaired) electrons. The molecule has 30 heavy (non-hydrogen) atoms. The van der Waals surface area contributed by atoms with Gasteiger partial charge in [-0.25, -0.2) is 4.98 Å². The molecule has 1 N–H and O–H groups in total. The van der Waals surface area contributed by atoms with Gasteiger partial charge in [-0.15, -0.1) is 0 Å². The molecule has 0 atom stereocenters. The van der Waals surface area contributed by atoms with E-state index in [2.05, 4.69) is 28.5 Å². The molecule has 0 unspecified atom stereocenters. The monoisotopic (exact) mass is 394 g/mol. The first-order valence-corrected chi connectivity index (χ1v) is 9.65. The minimum absolute atomic E-state index is 0.353. The number of nitrogens with zero attached hydrogens (tertiary/aromatic N) is 1. The van der Waals surface area contributed by atoms with Crippen molar-refractivity contribution in [1.82, 2.24) is 10.3 Å². The third-order valence-corrected chi connectivity index (χ3v) is 5.36. The third-order valence-electron chi connectivity index (χ3n) is 5.36. The van der Waals surface area contributed by atoms with Crippen LogP contribution in [0.2, 0.25) is 0 Å². The Morgan fingerprint density at radius 2 is 1.67 bits per heavy atom. The quantitative estimate of drug-likeness (QED) is 0.522. The minimum atomic E-state index is -0.358. The molecule has 2 heterocycles. The molecule has 5 rings (SSSR count). The van der Waals surface area contributed by atoms with E-state index in [1.807, 2.05) is 42.5 Å². The topological polar surface area (TPSA) is 68.3 Å². The van der Waals surface area contributed by atoms with Gasteiger partial charge in [0.2, 0.25) is 5.88 Å². The van der Waals surface area contributed by atoms with Crippen LogP contribution in [-0.2, 0) is 6.42 Å². The van der Waals surface area contributed by atoms with Crippen molar-refractivity contribution >= 4 is 22.7 Å². The van der Waals surface area contributed by atoms with Crippen LogP contribution in [0.1, 0.15) is 31.8 Å². The number of nitrogens with one attached hydrogen (secondary N) is 1. The van der Waals surface area contributed by atoms with Crippen molar-refractivity contribution in [2.45, 2.75) is 6.42 Å². The summed E-state index contributed by atoms with van der Waals surface area (Å²) in [6.07, 6.45) is 0.703. The van der Waals surface area contributed by atoms with E-state index in [1.54, 1.807) is 19.2 Å². The van der Waals surface area contributed by atoms with E-state index >= 15 is 0 Å². The molecule has 0 saturated heterocycles. The summed E-state index contributed by atoms with van der Waals surface area (Å²) in [4.78, 5) is 29.0. The number of fused-ring (bicyclic) bond motifs is 2. The van der Waals surface area contributed by atoms with Gasteiger partial charge in [0, 0.05) is 17.4 Å². The highest BCUT2D eigenvalue weighted by Gasteiger charge is 2.29. The van der Waals surface area contributed by atoms with Crippen LogP contribution < -0.4 is 10.1 Å². The van der Waals surface area contributed by atoms with Crippen LogP contribution >= 0.6 is 0 Å². The molecule has 0 saturated carbocycles. The van der Waals surface area contributed by atoms with Crippen molar-refractivity contribution in [2.24, 2.45) is 0 Å². The average Bonchev–Trinajstić information content (AvgIpc) is 3.07. The van der Waals surface area contributed by atoms with Crippen LogP contribution in [0.5, 0.6) is 5.88 Å². The smallest absolute Gasteiger partial charge is 0.259 e. The lowest BCUT2D eigenvalue weighted by atomic mass is 9.95. The molecule has 0 fully saturated rings. The van der Waals surface area contributed by atoms with Crippen LogP contribution in [-0.4, -0.2) is 23.9 Å². The van der Waals surface area contributed by atoms with E-state index < -0.39 is 0 Å². The molecule has 5 nitrogen and oxygen atoms in total. The number of aromatic nitrogens is 1. The normalized spacial score (nSPS) is 12.7. The average molecular weight is 394 g/mol. The zero-order valence-electron chi connectivity index (χ0n) is 16.3. The maximum atomic E-state index is 12.3. The summed E-state index contributed by atoms with van der Waals surface area (Å²) in [7, 11) is 1.62. The fraction of sp³-hybridized carbons (Fsp3) is 0.0800. The molecule has 1 aliphatic rings. The Kier molecular flexibility index (Phi) is 4.29. The summed E-state index contributed by atoms with van der Waals surface area (Å²) < 4.78 is 5.53. The van der Waals surface area contributed by atoms with E-state index in [0.29, 0.717) is 23.4 Å². The highest BCUT2D eigenvalue weighted by molar-refractivity contribution is 6.24. The Morgan fingerprint density at radius 1 is 0.867 bits per heavy atom. The van der Waals surface area contributed by atoms with Crippen LogP contribution in [0.25, 0.3) is 22.0 Å². The third kappa shape index (κ3) is 3.01. The van der Waals surface area contributed by atoms with Gasteiger partial charge in [0.15, 0.2) is 0 Å². The number of rotatable bonds is 4. The van der Waals surface area contributed by atoms with E-state index in [-0.39, 0.29) is 11.8 Å². The Bertz CT molecular complexity index is 1310. The minimum Gasteiger partial charge on any atom is -0.481 e. The number of hydrogen-bond donors (Lipinski definition) is 1. The number of imide groups is 1. The molecule has 5 heteroatoms. The Balaban J connectivity index is 1.63. The molecule has 1 aliphatic heterocycles. The summed E-state index contributed by atoms with van der Waals surface area (Å²) in [5.41, 5.74) is 5.40. The van der Waals surface area contributed by atoms with E-state index in [4.69, 9.17) is 4.74 Å². The largest absolute Gasteiger partial charge is 0.481 e. The molecular weight excluding hydrogens is 376 g/mol. The van der Waals surface area contributed by atoms with Crippen LogP contribution in [0.15, 0.2) is 72.8 Å². The van der Waals surface area contributed by atoms with Crippen LogP contribution in [0, 0.1) is 0 Å². The molecule has 0 spiro atoms. The predicted octanol–water partition coefficient (Wildman–Crippen LogP) is 4.38. The molecule has 4 aromatic rings.